The first-order valence-electron chi connectivity index (χ1n) is 22.0. The first-order valence-corrected chi connectivity index (χ1v) is 22.0. The third-order valence-corrected chi connectivity index (χ3v) is 12.0. The van der Waals surface area contributed by atoms with Crippen molar-refractivity contribution >= 4 is 44.6 Å². The number of nitrogens with one attached hydrogen (secondary N) is 1. The molecule has 2 aromatic heterocycles. The molecule has 0 aliphatic carbocycles. The van der Waals surface area contributed by atoms with E-state index in [1.54, 1.807) is 0 Å². The van der Waals surface area contributed by atoms with Gasteiger partial charge in [-0.25, -0.2) is 4.98 Å². The molecule has 0 saturated heterocycles. The van der Waals surface area contributed by atoms with Crippen LogP contribution < -0.4 is 15.0 Å². The molecule has 6 aromatic carbocycles. The zero-order chi connectivity index (χ0) is 45.1. The second kappa shape index (κ2) is 17.4. The zero-order valence-corrected chi connectivity index (χ0v) is 41.7. The second-order valence-corrected chi connectivity index (χ2v) is 21.0. The van der Waals surface area contributed by atoms with Gasteiger partial charge in [-0.1, -0.05) is 143 Å². The molecule has 0 bridgehead atoms. The van der Waals surface area contributed by atoms with Gasteiger partial charge in [-0.15, -0.1) is 41.4 Å². The summed E-state index contributed by atoms with van der Waals surface area (Å²) >= 11 is 0. The van der Waals surface area contributed by atoms with E-state index >= 15 is 0 Å². The molecule has 0 amide bonds. The molecule has 0 spiro atoms. The van der Waals surface area contributed by atoms with E-state index in [0.717, 1.165) is 50.4 Å². The number of ether oxygens (including phenoxy) is 1. The fourth-order valence-electron chi connectivity index (χ4n) is 8.02. The summed E-state index contributed by atoms with van der Waals surface area (Å²) in [5.74, 6) is 2.00. The SMILES string of the molecule is [CH2-]N(c1[c-]c(Oc2[c-]c3c(cc2)c2ccc(C(C)(C)C)cc2n3-c2cc(C(C)(C)C)ccn2)ccc1)c1ccc(C(C)(C)C)cc1Nc1cc(-c2ccccc2)cc(C(C)(C)C)c1.[Pt]. The number of fused-ring (bicyclic) bond motifs is 3. The Bertz CT molecular complexity index is 2950. The summed E-state index contributed by atoms with van der Waals surface area (Å²) in [6, 6.07) is 52.3. The van der Waals surface area contributed by atoms with Gasteiger partial charge in [0.15, 0.2) is 0 Å². The van der Waals surface area contributed by atoms with E-state index in [1.165, 1.54) is 33.4 Å². The summed E-state index contributed by atoms with van der Waals surface area (Å²) in [4.78, 5) is 6.85. The van der Waals surface area contributed by atoms with Crippen molar-refractivity contribution in [3.63, 3.8) is 0 Å². The molecular formula is C58H61N4OPt-3. The van der Waals surface area contributed by atoms with Crippen molar-refractivity contribution in [3.05, 3.63) is 175 Å². The van der Waals surface area contributed by atoms with Crippen LogP contribution in [0.15, 0.2) is 134 Å². The largest absolute Gasteiger partial charge is 0.516 e. The third kappa shape index (κ3) is 9.71. The van der Waals surface area contributed by atoms with Gasteiger partial charge in [-0.3, -0.25) is 7.05 Å². The van der Waals surface area contributed by atoms with E-state index in [0.29, 0.717) is 11.5 Å². The van der Waals surface area contributed by atoms with Crippen molar-refractivity contribution in [2.45, 2.75) is 105 Å². The molecule has 8 rings (SSSR count). The molecule has 2 heterocycles. The van der Waals surface area contributed by atoms with Crippen LogP contribution in [0.25, 0.3) is 38.8 Å². The molecule has 0 atom stereocenters. The Kier molecular flexibility index (Phi) is 12.6. The number of aromatic nitrogens is 2. The summed E-state index contributed by atoms with van der Waals surface area (Å²) in [7, 11) is 4.59. The van der Waals surface area contributed by atoms with Crippen molar-refractivity contribution in [2.75, 3.05) is 10.2 Å². The van der Waals surface area contributed by atoms with Crippen LogP contribution in [0.2, 0.25) is 0 Å². The molecule has 332 valence electrons. The molecule has 0 saturated carbocycles. The Morgan fingerprint density at radius 1 is 0.562 bits per heavy atom. The molecule has 0 unspecified atom stereocenters. The molecule has 5 nitrogen and oxygen atoms in total. The molecule has 0 radical (unpaired) electrons. The van der Waals surface area contributed by atoms with E-state index in [9.17, 15) is 0 Å². The van der Waals surface area contributed by atoms with Crippen molar-refractivity contribution in [1.29, 1.82) is 0 Å². The molecular weight excluding hydrogens is 964 g/mol. The van der Waals surface area contributed by atoms with Crippen LogP contribution >= 0.6 is 0 Å². The molecule has 0 aliphatic rings. The first kappa shape index (κ1) is 46.4. The van der Waals surface area contributed by atoms with E-state index in [1.807, 2.05) is 35.4 Å². The quantitative estimate of drug-likeness (QED) is 0.154. The van der Waals surface area contributed by atoms with Gasteiger partial charge in [0.2, 0.25) is 0 Å². The van der Waals surface area contributed by atoms with Crippen LogP contribution in [0, 0.1) is 19.2 Å². The smallest absolute Gasteiger partial charge is 0.135 e. The fourth-order valence-corrected chi connectivity index (χ4v) is 8.02. The van der Waals surface area contributed by atoms with Crippen LogP contribution in [0.3, 0.4) is 0 Å². The fraction of sp³-hybridized carbons (Fsp3) is 0.276. The number of rotatable bonds is 8. The summed E-state index contributed by atoms with van der Waals surface area (Å²) in [5, 5.41) is 6.08. The summed E-state index contributed by atoms with van der Waals surface area (Å²) < 4.78 is 8.86. The molecule has 1 N–H and O–H groups in total. The minimum Gasteiger partial charge on any atom is -0.516 e. The number of nitrogens with zero attached hydrogens (tertiary/aromatic N) is 3. The predicted molar refractivity (Wildman–Crippen MR) is 267 cm³/mol. The monoisotopic (exact) mass is 1020 g/mol. The van der Waals surface area contributed by atoms with Crippen LogP contribution in [-0.2, 0) is 42.7 Å². The summed E-state index contributed by atoms with van der Waals surface area (Å²) in [6.07, 6.45) is 1.91. The van der Waals surface area contributed by atoms with Gasteiger partial charge in [0.25, 0.3) is 0 Å². The van der Waals surface area contributed by atoms with Crippen molar-refractivity contribution in [2.24, 2.45) is 0 Å². The van der Waals surface area contributed by atoms with Gasteiger partial charge in [-0.05, 0) is 103 Å². The van der Waals surface area contributed by atoms with Crippen molar-refractivity contribution in [3.8, 4) is 28.4 Å². The molecule has 8 aromatic rings. The molecule has 0 fully saturated rings. The first-order chi connectivity index (χ1) is 29.6. The summed E-state index contributed by atoms with van der Waals surface area (Å²) in [6.45, 7) is 27.0. The van der Waals surface area contributed by atoms with E-state index in [-0.39, 0.29) is 42.7 Å². The van der Waals surface area contributed by atoms with Crippen LogP contribution in [0.1, 0.15) is 105 Å². The second-order valence-electron chi connectivity index (χ2n) is 21.0. The average molecular weight is 1030 g/mol. The van der Waals surface area contributed by atoms with Gasteiger partial charge in [-0.2, -0.15) is 12.1 Å². The van der Waals surface area contributed by atoms with E-state index < -0.39 is 0 Å². The number of hydrogen-bond donors (Lipinski definition) is 1. The molecule has 0 aliphatic heterocycles. The average Bonchev–Trinajstić information content (AvgIpc) is 3.55. The van der Waals surface area contributed by atoms with Gasteiger partial charge >= 0.3 is 0 Å². The van der Waals surface area contributed by atoms with E-state index in [2.05, 4.69) is 215 Å². The van der Waals surface area contributed by atoms with E-state index in [4.69, 9.17) is 9.72 Å². The topological polar surface area (TPSA) is 42.3 Å². The Hall–Kier alpha value is -5.64. The van der Waals surface area contributed by atoms with Crippen molar-refractivity contribution in [1.82, 2.24) is 9.55 Å². The number of anilines is 4. The van der Waals surface area contributed by atoms with Crippen LogP contribution in [0.4, 0.5) is 22.7 Å². The van der Waals surface area contributed by atoms with Crippen molar-refractivity contribution < 1.29 is 25.8 Å². The normalized spacial score (nSPS) is 12.3. The Morgan fingerprint density at radius 2 is 1.19 bits per heavy atom. The number of benzene rings is 6. The Balaban J connectivity index is 0.00000612. The maximum atomic E-state index is 6.63. The van der Waals surface area contributed by atoms with Crippen LogP contribution in [0.5, 0.6) is 11.5 Å². The Labute approximate surface area is 396 Å². The molecule has 6 heteroatoms. The summed E-state index contributed by atoms with van der Waals surface area (Å²) in [5.41, 5.74) is 12.8. The van der Waals surface area contributed by atoms with Gasteiger partial charge in [0, 0.05) is 55.7 Å². The minimum absolute atomic E-state index is 0. The minimum atomic E-state index is -0.0626. The molecule has 64 heavy (non-hydrogen) atoms. The van der Waals surface area contributed by atoms with Crippen LogP contribution in [-0.4, -0.2) is 9.55 Å². The third-order valence-electron chi connectivity index (χ3n) is 12.0. The Morgan fingerprint density at radius 3 is 1.88 bits per heavy atom. The number of pyridine rings is 1. The zero-order valence-electron chi connectivity index (χ0n) is 39.5. The predicted octanol–water partition coefficient (Wildman–Crippen LogP) is 16.1. The number of hydrogen-bond acceptors (Lipinski definition) is 4. The maximum absolute atomic E-state index is 6.63. The van der Waals surface area contributed by atoms with Gasteiger partial charge in [0.05, 0.1) is 5.69 Å². The standard InChI is InChI=1S/C58H61N4O.Pt/c1-55(2,3)40-23-27-51(50(33-40)60-44-31-39(38-18-15-14-16-19-38)30-43(32-44)58(10,11)12)61(13)45-20-17-21-46(36-45)63-47-24-26-49-48-25-22-41(56(4,5)6)34-52(48)62(53(49)37-47)54-35-42(28-29-59-54)57(7,8)9;/h14-35,60H,13H2,1-12H3;/q-3;. The van der Waals surface area contributed by atoms with Gasteiger partial charge in [0.1, 0.15) is 5.82 Å². The maximum Gasteiger partial charge on any atom is 0.135 e. The van der Waals surface area contributed by atoms with Gasteiger partial charge < -0.3 is 19.5 Å².